The van der Waals surface area contributed by atoms with Gasteiger partial charge in [-0.3, -0.25) is 4.79 Å². The molecular weight excluding hydrogens is 258 g/mol. The van der Waals surface area contributed by atoms with Crippen LogP contribution in [0.3, 0.4) is 0 Å². The number of ether oxygens (including phenoxy) is 3. The molecular formula is C15H21NO4. The highest BCUT2D eigenvalue weighted by atomic mass is 16.6. The summed E-state index contributed by atoms with van der Waals surface area (Å²) in [5.41, 5.74) is 7.32. The predicted molar refractivity (Wildman–Crippen MR) is 74.8 cm³/mol. The first-order valence-electron chi connectivity index (χ1n) is 6.81. The number of benzene rings is 1. The van der Waals surface area contributed by atoms with Gasteiger partial charge in [0.15, 0.2) is 11.5 Å². The maximum Gasteiger partial charge on any atom is 0.308 e. The highest BCUT2D eigenvalue weighted by Crippen LogP contribution is 2.34. The van der Waals surface area contributed by atoms with E-state index in [-0.39, 0.29) is 12.0 Å². The van der Waals surface area contributed by atoms with Gasteiger partial charge in [0, 0.05) is 26.2 Å². The molecule has 1 heterocycles. The van der Waals surface area contributed by atoms with Gasteiger partial charge in [-0.15, -0.1) is 0 Å². The van der Waals surface area contributed by atoms with Gasteiger partial charge < -0.3 is 19.9 Å². The number of carbonyl (C=O) groups excluding carboxylic acids is 1. The Kier molecular flexibility index (Phi) is 4.98. The van der Waals surface area contributed by atoms with Crippen LogP contribution < -0.4 is 15.2 Å². The molecule has 2 rings (SSSR count). The van der Waals surface area contributed by atoms with E-state index in [4.69, 9.17) is 19.9 Å². The average Bonchev–Trinajstić information content (AvgIpc) is 2.47. The Bertz CT molecular complexity index is 469. The zero-order chi connectivity index (χ0) is 14.5. The summed E-state index contributed by atoms with van der Waals surface area (Å²) >= 11 is 0. The summed E-state index contributed by atoms with van der Waals surface area (Å²) in [6, 6.07) is 5.41. The van der Waals surface area contributed by atoms with Crippen LogP contribution in [0.5, 0.6) is 11.5 Å². The largest absolute Gasteiger partial charge is 0.493 e. The molecule has 1 aliphatic rings. The van der Waals surface area contributed by atoms with E-state index < -0.39 is 0 Å². The fraction of sp³-hybridized carbons (Fsp3) is 0.533. The lowest BCUT2D eigenvalue weighted by Gasteiger charge is -2.28. The molecule has 0 amide bonds. The molecule has 1 aromatic carbocycles. The second-order valence-electron chi connectivity index (χ2n) is 4.98. The first-order valence-corrected chi connectivity index (χ1v) is 6.81. The summed E-state index contributed by atoms with van der Waals surface area (Å²) in [6.07, 6.45) is 1.93. The molecule has 0 unspecified atom stereocenters. The Morgan fingerprint density at radius 2 is 2.05 bits per heavy atom. The maximum atomic E-state index is 11.0. The molecule has 2 N–H and O–H groups in total. The molecule has 5 heteroatoms. The van der Waals surface area contributed by atoms with E-state index in [0.29, 0.717) is 17.4 Å². The molecule has 0 aromatic heterocycles. The van der Waals surface area contributed by atoms with Crippen LogP contribution in [0.1, 0.15) is 31.4 Å². The third-order valence-corrected chi connectivity index (χ3v) is 3.60. The van der Waals surface area contributed by atoms with E-state index in [9.17, 15) is 4.79 Å². The van der Waals surface area contributed by atoms with Gasteiger partial charge in [-0.2, -0.15) is 0 Å². The topological polar surface area (TPSA) is 70.8 Å². The van der Waals surface area contributed by atoms with Crippen LogP contribution in [-0.2, 0) is 9.53 Å². The van der Waals surface area contributed by atoms with Gasteiger partial charge in [0.1, 0.15) is 0 Å². The number of hydrogen-bond acceptors (Lipinski definition) is 5. The van der Waals surface area contributed by atoms with E-state index in [1.165, 1.54) is 6.92 Å². The van der Waals surface area contributed by atoms with Crippen LogP contribution >= 0.6 is 0 Å². The number of carbonyl (C=O) groups is 1. The second kappa shape index (κ2) is 6.72. The fourth-order valence-electron chi connectivity index (χ4n) is 2.48. The molecule has 1 aromatic rings. The van der Waals surface area contributed by atoms with Gasteiger partial charge in [-0.05, 0) is 36.5 Å². The van der Waals surface area contributed by atoms with Crippen molar-refractivity contribution >= 4 is 5.97 Å². The molecule has 0 spiro atoms. The smallest absolute Gasteiger partial charge is 0.308 e. The third kappa shape index (κ3) is 3.49. The highest BCUT2D eigenvalue weighted by Gasteiger charge is 2.23. The first kappa shape index (κ1) is 14.8. The minimum atomic E-state index is -0.371. The molecule has 1 aliphatic heterocycles. The molecule has 0 bridgehead atoms. The lowest BCUT2D eigenvalue weighted by Crippen LogP contribution is -2.27. The molecule has 0 saturated carbocycles. The van der Waals surface area contributed by atoms with Crippen LogP contribution in [0.25, 0.3) is 0 Å². The molecule has 0 radical (unpaired) electrons. The number of hydrogen-bond donors (Lipinski definition) is 1. The van der Waals surface area contributed by atoms with Gasteiger partial charge in [0.2, 0.25) is 0 Å². The van der Waals surface area contributed by atoms with E-state index in [2.05, 4.69) is 0 Å². The Hall–Kier alpha value is -1.59. The zero-order valence-electron chi connectivity index (χ0n) is 11.9. The van der Waals surface area contributed by atoms with E-state index >= 15 is 0 Å². The molecule has 1 saturated heterocycles. The summed E-state index contributed by atoms with van der Waals surface area (Å²) < 4.78 is 15.7. The van der Waals surface area contributed by atoms with Crippen molar-refractivity contribution in [1.82, 2.24) is 0 Å². The standard InChI is InChI=1S/C15H21NO4/c1-10(17)20-13-4-3-12(9-14(13)18-2)15(16)11-5-7-19-8-6-11/h3-4,9,11,15H,5-8,16H2,1-2H3/t15-/m0/s1. The van der Waals surface area contributed by atoms with Crippen molar-refractivity contribution in [1.29, 1.82) is 0 Å². The van der Waals surface area contributed by atoms with Crippen LogP contribution in [0.15, 0.2) is 18.2 Å². The monoisotopic (exact) mass is 279 g/mol. The molecule has 0 aliphatic carbocycles. The molecule has 20 heavy (non-hydrogen) atoms. The summed E-state index contributed by atoms with van der Waals surface area (Å²) in [7, 11) is 1.55. The van der Waals surface area contributed by atoms with Crippen LogP contribution in [0, 0.1) is 5.92 Å². The first-order chi connectivity index (χ1) is 9.61. The van der Waals surface area contributed by atoms with Crippen LogP contribution in [0.4, 0.5) is 0 Å². The van der Waals surface area contributed by atoms with E-state index in [1.807, 2.05) is 12.1 Å². The third-order valence-electron chi connectivity index (χ3n) is 3.60. The van der Waals surface area contributed by atoms with Crippen molar-refractivity contribution < 1.29 is 19.0 Å². The van der Waals surface area contributed by atoms with Crippen molar-refractivity contribution in [2.45, 2.75) is 25.8 Å². The van der Waals surface area contributed by atoms with Crippen LogP contribution in [0.2, 0.25) is 0 Å². The average molecular weight is 279 g/mol. The predicted octanol–water partition coefficient (Wildman–Crippen LogP) is 2.05. The van der Waals surface area contributed by atoms with E-state index in [0.717, 1.165) is 31.6 Å². The summed E-state index contributed by atoms with van der Waals surface area (Å²) in [5.74, 6) is 0.987. The molecule has 110 valence electrons. The SMILES string of the molecule is COc1cc([C@@H](N)C2CCOCC2)ccc1OC(C)=O. The zero-order valence-corrected chi connectivity index (χ0v) is 11.9. The molecule has 5 nitrogen and oxygen atoms in total. The Balaban J connectivity index is 2.17. The minimum Gasteiger partial charge on any atom is -0.493 e. The Morgan fingerprint density at radius 1 is 1.35 bits per heavy atom. The van der Waals surface area contributed by atoms with Crippen molar-refractivity contribution in [2.75, 3.05) is 20.3 Å². The van der Waals surface area contributed by atoms with Crippen molar-refractivity contribution in [3.63, 3.8) is 0 Å². The number of esters is 1. The van der Waals surface area contributed by atoms with Crippen LogP contribution in [-0.4, -0.2) is 26.3 Å². The van der Waals surface area contributed by atoms with Gasteiger partial charge >= 0.3 is 5.97 Å². The Labute approximate surface area is 119 Å². The number of methoxy groups -OCH3 is 1. The van der Waals surface area contributed by atoms with Gasteiger partial charge in [-0.25, -0.2) is 0 Å². The van der Waals surface area contributed by atoms with E-state index in [1.54, 1.807) is 13.2 Å². The van der Waals surface area contributed by atoms with Crippen molar-refractivity contribution in [3.05, 3.63) is 23.8 Å². The summed E-state index contributed by atoms with van der Waals surface area (Å²) in [4.78, 5) is 11.0. The van der Waals surface area contributed by atoms with Crippen molar-refractivity contribution in [2.24, 2.45) is 11.7 Å². The lowest BCUT2D eigenvalue weighted by molar-refractivity contribution is -0.132. The highest BCUT2D eigenvalue weighted by molar-refractivity contribution is 5.70. The normalized spacial score (nSPS) is 17.6. The summed E-state index contributed by atoms with van der Waals surface area (Å²) in [5, 5.41) is 0. The van der Waals surface area contributed by atoms with Gasteiger partial charge in [0.05, 0.1) is 7.11 Å². The minimum absolute atomic E-state index is 0.0563. The number of nitrogens with two attached hydrogens (primary N) is 1. The molecule has 1 fully saturated rings. The van der Waals surface area contributed by atoms with Gasteiger partial charge in [-0.1, -0.05) is 6.07 Å². The second-order valence-corrected chi connectivity index (χ2v) is 4.98. The van der Waals surface area contributed by atoms with Gasteiger partial charge in [0.25, 0.3) is 0 Å². The summed E-state index contributed by atoms with van der Waals surface area (Å²) in [6.45, 7) is 2.89. The quantitative estimate of drug-likeness (QED) is 0.674. The lowest BCUT2D eigenvalue weighted by atomic mass is 9.88. The fourth-order valence-corrected chi connectivity index (χ4v) is 2.48. The number of rotatable bonds is 4. The molecule has 1 atom stereocenters. The maximum absolute atomic E-state index is 11.0. The Morgan fingerprint density at radius 3 is 2.65 bits per heavy atom. The van der Waals surface area contributed by atoms with Crippen molar-refractivity contribution in [3.8, 4) is 11.5 Å².